The molecule has 3 heteroatoms. The summed E-state index contributed by atoms with van der Waals surface area (Å²) >= 11 is 1.90. The first-order valence-electron chi connectivity index (χ1n) is 7.41. The van der Waals surface area contributed by atoms with Gasteiger partial charge in [0.05, 0.1) is 11.7 Å². The van der Waals surface area contributed by atoms with Crippen molar-refractivity contribution in [1.29, 1.82) is 0 Å². The van der Waals surface area contributed by atoms with Gasteiger partial charge in [0.15, 0.2) is 0 Å². The van der Waals surface area contributed by atoms with Gasteiger partial charge in [-0.2, -0.15) is 0 Å². The number of hydrogen-bond acceptors (Lipinski definition) is 3. The van der Waals surface area contributed by atoms with Gasteiger partial charge in [-0.15, -0.1) is 11.3 Å². The molecule has 0 aliphatic heterocycles. The van der Waals surface area contributed by atoms with Crippen LogP contribution in [0.4, 0.5) is 0 Å². The van der Waals surface area contributed by atoms with Gasteiger partial charge in [0.2, 0.25) is 0 Å². The van der Waals surface area contributed by atoms with E-state index in [2.05, 4.69) is 37.4 Å². The number of aryl methyl sites for hydroxylation is 4. The highest BCUT2D eigenvalue weighted by Gasteiger charge is 2.21. The smallest absolute Gasteiger partial charge is 0.115 e. The molecule has 106 valence electrons. The molecule has 0 radical (unpaired) electrons. The van der Waals surface area contributed by atoms with E-state index in [4.69, 9.17) is 4.98 Å². The van der Waals surface area contributed by atoms with Crippen LogP contribution in [0.25, 0.3) is 0 Å². The number of thiazole rings is 1. The summed E-state index contributed by atoms with van der Waals surface area (Å²) in [4.78, 5) is 6.42. The van der Waals surface area contributed by atoms with E-state index in [9.17, 15) is 0 Å². The number of hydrogen-bond donors (Lipinski definition) is 1. The van der Waals surface area contributed by atoms with E-state index < -0.39 is 0 Å². The van der Waals surface area contributed by atoms with E-state index in [0.29, 0.717) is 0 Å². The van der Waals surface area contributed by atoms with Crippen molar-refractivity contribution in [3.63, 3.8) is 0 Å². The number of rotatable bonds is 3. The van der Waals surface area contributed by atoms with E-state index in [1.54, 1.807) is 0 Å². The maximum absolute atomic E-state index is 4.91. The first kappa shape index (κ1) is 13.8. The molecule has 2 aromatic rings. The highest BCUT2D eigenvalue weighted by Crippen LogP contribution is 2.32. The fraction of sp³-hybridized carbons (Fsp3) is 0.471. The SMILES string of the molecule is CNC(c1cc(C)cc(C)c1)c1nc2c(s1)CCCC2. The van der Waals surface area contributed by atoms with Gasteiger partial charge >= 0.3 is 0 Å². The number of nitrogens with one attached hydrogen (secondary N) is 1. The summed E-state index contributed by atoms with van der Waals surface area (Å²) in [6.07, 6.45) is 5.00. The first-order valence-corrected chi connectivity index (χ1v) is 8.23. The summed E-state index contributed by atoms with van der Waals surface area (Å²) in [5.41, 5.74) is 5.32. The summed E-state index contributed by atoms with van der Waals surface area (Å²) in [5.74, 6) is 0. The molecule has 3 rings (SSSR count). The van der Waals surface area contributed by atoms with Gasteiger partial charge < -0.3 is 5.32 Å². The van der Waals surface area contributed by atoms with Crippen LogP contribution in [0.5, 0.6) is 0 Å². The van der Waals surface area contributed by atoms with Crippen molar-refractivity contribution >= 4 is 11.3 Å². The highest BCUT2D eigenvalue weighted by molar-refractivity contribution is 7.11. The Morgan fingerprint density at radius 2 is 1.80 bits per heavy atom. The van der Waals surface area contributed by atoms with Crippen molar-refractivity contribution in [2.45, 2.75) is 45.6 Å². The van der Waals surface area contributed by atoms with Crippen molar-refractivity contribution < 1.29 is 0 Å². The predicted octanol–water partition coefficient (Wildman–Crippen LogP) is 3.95. The molecule has 1 aliphatic rings. The molecular formula is C17H22N2S. The molecule has 1 aliphatic carbocycles. The zero-order chi connectivity index (χ0) is 14.1. The van der Waals surface area contributed by atoms with Crippen LogP contribution in [0.3, 0.4) is 0 Å². The Balaban J connectivity index is 1.98. The third-order valence-corrected chi connectivity index (χ3v) is 5.20. The molecule has 1 unspecified atom stereocenters. The highest BCUT2D eigenvalue weighted by atomic mass is 32.1. The molecule has 1 heterocycles. The van der Waals surface area contributed by atoms with Crippen LogP contribution in [0.15, 0.2) is 18.2 Å². The predicted molar refractivity (Wildman–Crippen MR) is 85.6 cm³/mol. The monoisotopic (exact) mass is 286 g/mol. The molecule has 0 amide bonds. The van der Waals surface area contributed by atoms with Crippen LogP contribution in [0, 0.1) is 13.8 Å². The molecule has 0 fully saturated rings. The average molecular weight is 286 g/mol. The summed E-state index contributed by atoms with van der Waals surface area (Å²) < 4.78 is 0. The van der Waals surface area contributed by atoms with Crippen molar-refractivity contribution in [2.75, 3.05) is 7.05 Å². The van der Waals surface area contributed by atoms with Gasteiger partial charge in [0, 0.05) is 4.88 Å². The molecule has 0 saturated carbocycles. The Hall–Kier alpha value is -1.19. The topological polar surface area (TPSA) is 24.9 Å². The number of nitrogens with zero attached hydrogens (tertiary/aromatic N) is 1. The van der Waals surface area contributed by atoms with Crippen LogP contribution in [0.1, 0.15) is 51.2 Å². The maximum atomic E-state index is 4.91. The lowest BCUT2D eigenvalue weighted by Gasteiger charge is -2.15. The van der Waals surface area contributed by atoms with Crippen LogP contribution < -0.4 is 5.32 Å². The Morgan fingerprint density at radius 3 is 2.45 bits per heavy atom. The minimum absolute atomic E-state index is 0.226. The Morgan fingerprint density at radius 1 is 1.10 bits per heavy atom. The zero-order valence-corrected chi connectivity index (χ0v) is 13.3. The van der Waals surface area contributed by atoms with Crippen molar-refractivity contribution in [3.05, 3.63) is 50.5 Å². The Labute approximate surface area is 125 Å². The second kappa shape index (κ2) is 5.66. The number of benzene rings is 1. The van der Waals surface area contributed by atoms with E-state index >= 15 is 0 Å². The van der Waals surface area contributed by atoms with Gasteiger partial charge in [-0.3, -0.25) is 0 Å². The second-order valence-electron chi connectivity index (χ2n) is 5.77. The quantitative estimate of drug-likeness (QED) is 0.924. The molecule has 1 aromatic carbocycles. The van der Waals surface area contributed by atoms with Crippen molar-refractivity contribution in [2.24, 2.45) is 0 Å². The molecular weight excluding hydrogens is 264 g/mol. The average Bonchev–Trinajstić information content (AvgIpc) is 2.81. The van der Waals surface area contributed by atoms with Crippen LogP contribution in [-0.4, -0.2) is 12.0 Å². The third-order valence-electron chi connectivity index (χ3n) is 3.98. The van der Waals surface area contributed by atoms with E-state index in [-0.39, 0.29) is 6.04 Å². The molecule has 0 saturated heterocycles. The second-order valence-corrected chi connectivity index (χ2v) is 6.89. The van der Waals surface area contributed by atoms with E-state index in [0.717, 1.165) is 6.42 Å². The van der Waals surface area contributed by atoms with E-state index in [1.165, 1.54) is 51.5 Å². The molecule has 20 heavy (non-hydrogen) atoms. The number of fused-ring (bicyclic) bond motifs is 1. The lowest BCUT2D eigenvalue weighted by Crippen LogP contribution is -2.17. The van der Waals surface area contributed by atoms with Crippen molar-refractivity contribution in [1.82, 2.24) is 10.3 Å². The van der Waals surface area contributed by atoms with Gasteiger partial charge in [-0.25, -0.2) is 4.98 Å². The number of aromatic nitrogens is 1. The summed E-state index contributed by atoms with van der Waals surface area (Å²) in [7, 11) is 2.03. The maximum Gasteiger partial charge on any atom is 0.115 e. The fourth-order valence-corrected chi connectivity index (χ4v) is 4.40. The van der Waals surface area contributed by atoms with Crippen LogP contribution in [-0.2, 0) is 12.8 Å². The summed E-state index contributed by atoms with van der Waals surface area (Å²) in [5, 5.41) is 4.67. The standard InChI is InChI=1S/C17H22N2S/c1-11-8-12(2)10-13(9-11)16(18-3)17-19-14-6-4-5-7-15(14)20-17/h8-10,16,18H,4-7H2,1-3H3. The zero-order valence-electron chi connectivity index (χ0n) is 12.5. The Bertz CT molecular complexity index is 572. The van der Waals surface area contributed by atoms with Gasteiger partial charge in [0.25, 0.3) is 0 Å². The van der Waals surface area contributed by atoms with Gasteiger partial charge in [0.1, 0.15) is 5.01 Å². The van der Waals surface area contributed by atoms with E-state index in [1.807, 2.05) is 18.4 Å². The van der Waals surface area contributed by atoms with Gasteiger partial charge in [-0.05, 0) is 52.1 Å². The summed E-state index contributed by atoms with van der Waals surface area (Å²) in [6, 6.07) is 7.00. The van der Waals surface area contributed by atoms with Crippen LogP contribution >= 0.6 is 11.3 Å². The fourth-order valence-electron chi connectivity index (χ4n) is 3.10. The summed E-state index contributed by atoms with van der Waals surface area (Å²) in [6.45, 7) is 4.33. The third kappa shape index (κ3) is 2.65. The molecule has 1 atom stereocenters. The lowest BCUT2D eigenvalue weighted by molar-refractivity contribution is 0.661. The molecule has 0 bridgehead atoms. The van der Waals surface area contributed by atoms with Crippen LogP contribution in [0.2, 0.25) is 0 Å². The Kier molecular flexibility index (Phi) is 3.90. The molecule has 1 N–H and O–H groups in total. The lowest BCUT2D eigenvalue weighted by atomic mass is 10.0. The molecule has 0 spiro atoms. The van der Waals surface area contributed by atoms with Crippen molar-refractivity contribution in [3.8, 4) is 0 Å². The largest absolute Gasteiger partial charge is 0.307 e. The molecule has 2 nitrogen and oxygen atoms in total. The molecule has 1 aromatic heterocycles. The van der Waals surface area contributed by atoms with Gasteiger partial charge in [-0.1, -0.05) is 29.3 Å². The first-order chi connectivity index (χ1) is 9.67. The normalized spacial score (nSPS) is 15.9. The minimum Gasteiger partial charge on any atom is -0.307 e. The minimum atomic E-state index is 0.226.